The number of H-pyrrole nitrogens is 1. The maximum atomic E-state index is 11.1. The normalized spacial score (nSPS) is 10.8. The van der Waals surface area contributed by atoms with Crippen molar-refractivity contribution >= 4 is 16.8 Å². The summed E-state index contributed by atoms with van der Waals surface area (Å²) < 4.78 is 10.7. The lowest BCUT2D eigenvalue weighted by Gasteiger charge is -2.10. The zero-order chi connectivity index (χ0) is 13.4. The van der Waals surface area contributed by atoms with Crippen molar-refractivity contribution in [3.63, 3.8) is 0 Å². The van der Waals surface area contributed by atoms with Gasteiger partial charge >= 0.3 is 5.76 Å². The summed E-state index contributed by atoms with van der Waals surface area (Å²) in [7, 11) is 0. The number of ether oxygens (including phenoxy) is 1. The number of hydrogen-bond acceptors (Lipinski definition) is 4. The maximum absolute atomic E-state index is 11.1. The third-order valence-corrected chi connectivity index (χ3v) is 2.86. The Balaban J connectivity index is 2.07. The van der Waals surface area contributed by atoms with Gasteiger partial charge in [-0.05, 0) is 18.6 Å². The summed E-state index contributed by atoms with van der Waals surface area (Å²) in [5, 5.41) is 0. The number of nitrogens with one attached hydrogen (secondary N) is 1. The molecular weight excluding hydrogens is 244 g/mol. The van der Waals surface area contributed by atoms with Gasteiger partial charge in [0.2, 0.25) is 0 Å². The Hall–Kier alpha value is -2.69. The van der Waals surface area contributed by atoms with Crippen molar-refractivity contribution < 1.29 is 9.15 Å². The second kappa shape index (κ2) is 4.20. The Bertz CT molecular complexity index is 802. The predicted molar refractivity (Wildman–Crippen MR) is 72.5 cm³/mol. The molecule has 96 valence electrons. The predicted octanol–water partition coefficient (Wildman–Crippen LogP) is 2.80. The minimum atomic E-state index is -0.512. The number of oxazole rings is 1. The lowest BCUT2D eigenvalue weighted by Crippen LogP contribution is -1.94. The molecule has 0 saturated carbocycles. The molecule has 0 aliphatic rings. The van der Waals surface area contributed by atoms with Crippen LogP contribution >= 0.6 is 0 Å². The molecule has 3 aromatic rings. The van der Waals surface area contributed by atoms with Crippen molar-refractivity contribution in [3.05, 3.63) is 52.5 Å². The molecule has 0 saturated heterocycles. The van der Waals surface area contributed by atoms with Crippen LogP contribution in [0.5, 0.6) is 11.5 Å². The third kappa shape index (κ3) is 2.06. The molecule has 0 spiro atoms. The summed E-state index contributed by atoms with van der Waals surface area (Å²) in [5.41, 5.74) is 8.29. The summed E-state index contributed by atoms with van der Waals surface area (Å²) in [6.45, 7) is 1.95. The van der Waals surface area contributed by atoms with Crippen LogP contribution in [-0.2, 0) is 0 Å². The standard InChI is InChI=1S/C14H12N2O3/c1-8-4-2-3-5-11(8)18-12-7-10-13(6-9(12)15)19-14(17)16-10/h2-7H,15H2,1H3,(H,16,17). The fraction of sp³-hybridized carbons (Fsp3) is 0.0714. The minimum absolute atomic E-state index is 0.415. The zero-order valence-corrected chi connectivity index (χ0v) is 10.3. The molecule has 3 N–H and O–H groups in total. The fourth-order valence-electron chi connectivity index (χ4n) is 1.87. The summed E-state index contributed by atoms with van der Waals surface area (Å²) in [6.07, 6.45) is 0. The van der Waals surface area contributed by atoms with Crippen LogP contribution in [0.15, 0.2) is 45.6 Å². The molecule has 0 aliphatic heterocycles. The van der Waals surface area contributed by atoms with Crippen LogP contribution in [0.3, 0.4) is 0 Å². The third-order valence-electron chi connectivity index (χ3n) is 2.86. The molecule has 0 atom stereocenters. The Kier molecular flexibility index (Phi) is 2.52. The first kappa shape index (κ1) is 11.4. The number of aromatic amines is 1. The Labute approximate surface area is 108 Å². The zero-order valence-electron chi connectivity index (χ0n) is 10.3. The van der Waals surface area contributed by atoms with E-state index in [2.05, 4.69) is 4.98 Å². The summed E-state index contributed by atoms with van der Waals surface area (Å²) >= 11 is 0. The molecule has 5 nitrogen and oxygen atoms in total. The molecule has 2 aromatic carbocycles. The molecular formula is C14H12N2O3. The lowest BCUT2D eigenvalue weighted by molar-refractivity contribution is 0.481. The summed E-state index contributed by atoms with van der Waals surface area (Å²) in [5.74, 6) is 0.695. The van der Waals surface area contributed by atoms with Crippen molar-refractivity contribution in [3.8, 4) is 11.5 Å². The maximum Gasteiger partial charge on any atom is 0.417 e. The van der Waals surface area contributed by atoms with E-state index in [4.69, 9.17) is 14.9 Å². The first-order chi connectivity index (χ1) is 9.13. The van der Waals surface area contributed by atoms with Crippen molar-refractivity contribution in [2.45, 2.75) is 6.92 Å². The topological polar surface area (TPSA) is 81.2 Å². The van der Waals surface area contributed by atoms with E-state index in [1.807, 2.05) is 31.2 Å². The number of benzene rings is 2. The van der Waals surface area contributed by atoms with Crippen LogP contribution in [0.1, 0.15) is 5.56 Å². The summed E-state index contributed by atoms with van der Waals surface area (Å²) in [6, 6.07) is 10.8. The second-order valence-electron chi connectivity index (χ2n) is 4.27. The van der Waals surface area contributed by atoms with Crippen LogP contribution in [0.25, 0.3) is 11.1 Å². The van der Waals surface area contributed by atoms with Gasteiger partial charge in [0.05, 0.1) is 11.2 Å². The molecule has 0 fully saturated rings. The highest BCUT2D eigenvalue weighted by atomic mass is 16.5. The molecule has 19 heavy (non-hydrogen) atoms. The highest BCUT2D eigenvalue weighted by Gasteiger charge is 2.09. The molecule has 3 rings (SSSR count). The van der Waals surface area contributed by atoms with E-state index in [0.29, 0.717) is 22.5 Å². The van der Waals surface area contributed by atoms with Gasteiger partial charge in [-0.2, -0.15) is 0 Å². The van der Waals surface area contributed by atoms with Crippen LogP contribution < -0.4 is 16.2 Å². The van der Waals surface area contributed by atoms with Crippen molar-refractivity contribution in [2.75, 3.05) is 5.73 Å². The van der Waals surface area contributed by atoms with E-state index in [1.54, 1.807) is 12.1 Å². The van der Waals surface area contributed by atoms with E-state index >= 15 is 0 Å². The van der Waals surface area contributed by atoms with Crippen LogP contribution in [0.4, 0.5) is 5.69 Å². The van der Waals surface area contributed by atoms with E-state index in [9.17, 15) is 4.79 Å². The molecule has 1 aromatic heterocycles. The lowest BCUT2D eigenvalue weighted by atomic mass is 10.2. The molecule has 0 radical (unpaired) electrons. The van der Waals surface area contributed by atoms with Gasteiger partial charge in [0.25, 0.3) is 0 Å². The number of rotatable bonds is 2. The Morgan fingerprint density at radius 3 is 2.79 bits per heavy atom. The van der Waals surface area contributed by atoms with Gasteiger partial charge in [-0.15, -0.1) is 0 Å². The Morgan fingerprint density at radius 2 is 2.00 bits per heavy atom. The molecule has 0 aliphatic carbocycles. The van der Waals surface area contributed by atoms with Gasteiger partial charge in [0.15, 0.2) is 11.3 Å². The van der Waals surface area contributed by atoms with Crippen LogP contribution in [0, 0.1) is 6.92 Å². The minimum Gasteiger partial charge on any atom is -0.455 e. The van der Waals surface area contributed by atoms with Gasteiger partial charge < -0.3 is 14.9 Å². The SMILES string of the molecule is Cc1ccccc1Oc1cc2[nH]c(=O)oc2cc1N. The van der Waals surface area contributed by atoms with Crippen LogP contribution in [-0.4, -0.2) is 4.98 Å². The number of fused-ring (bicyclic) bond motifs is 1. The van der Waals surface area contributed by atoms with Crippen molar-refractivity contribution in [2.24, 2.45) is 0 Å². The number of anilines is 1. The first-order valence-corrected chi connectivity index (χ1v) is 5.79. The number of hydrogen-bond donors (Lipinski definition) is 2. The number of aryl methyl sites for hydroxylation is 1. The highest BCUT2D eigenvalue weighted by Crippen LogP contribution is 2.32. The van der Waals surface area contributed by atoms with Gasteiger partial charge in [0.1, 0.15) is 5.75 Å². The molecule has 0 amide bonds. The van der Waals surface area contributed by atoms with E-state index in [0.717, 1.165) is 11.3 Å². The number of para-hydroxylation sites is 1. The average molecular weight is 256 g/mol. The van der Waals surface area contributed by atoms with Gasteiger partial charge in [-0.3, -0.25) is 4.98 Å². The van der Waals surface area contributed by atoms with Crippen molar-refractivity contribution in [1.29, 1.82) is 0 Å². The Morgan fingerprint density at radius 1 is 1.21 bits per heavy atom. The smallest absolute Gasteiger partial charge is 0.417 e. The quantitative estimate of drug-likeness (QED) is 0.691. The van der Waals surface area contributed by atoms with E-state index < -0.39 is 5.76 Å². The van der Waals surface area contributed by atoms with Crippen LogP contribution in [0.2, 0.25) is 0 Å². The summed E-state index contributed by atoms with van der Waals surface area (Å²) in [4.78, 5) is 13.7. The highest BCUT2D eigenvalue weighted by molar-refractivity contribution is 5.80. The number of nitrogen functional groups attached to an aromatic ring is 1. The van der Waals surface area contributed by atoms with Gasteiger partial charge in [-0.1, -0.05) is 18.2 Å². The van der Waals surface area contributed by atoms with E-state index in [1.165, 1.54) is 0 Å². The second-order valence-corrected chi connectivity index (χ2v) is 4.27. The molecule has 1 heterocycles. The molecule has 5 heteroatoms. The fourth-order valence-corrected chi connectivity index (χ4v) is 1.87. The average Bonchev–Trinajstić information content (AvgIpc) is 2.71. The number of aromatic nitrogens is 1. The van der Waals surface area contributed by atoms with Gasteiger partial charge in [-0.25, -0.2) is 4.79 Å². The molecule has 0 bridgehead atoms. The first-order valence-electron chi connectivity index (χ1n) is 5.79. The van der Waals surface area contributed by atoms with Crippen molar-refractivity contribution in [1.82, 2.24) is 4.98 Å². The van der Waals surface area contributed by atoms with Gasteiger partial charge in [0, 0.05) is 12.1 Å². The van der Waals surface area contributed by atoms with E-state index in [-0.39, 0.29) is 0 Å². The largest absolute Gasteiger partial charge is 0.455 e. The molecule has 0 unspecified atom stereocenters. The monoisotopic (exact) mass is 256 g/mol. The number of nitrogens with two attached hydrogens (primary N) is 1.